The van der Waals surface area contributed by atoms with Gasteiger partial charge in [-0.05, 0) is 42.0 Å². The maximum Gasteiger partial charge on any atom is 0.213 e. The first-order valence-corrected chi connectivity index (χ1v) is 9.22. The van der Waals surface area contributed by atoms with Crippen LogP contribution in [-0.2, 0) is 16.6 Å². The van der Waals surface area contributed by atoms with Gasteiger partial charge in [0, 0.05) is 18.0 Å². The second-order valence-corrected chi connectivity index (χ2v) is 7.65. The molecule has 0 fully saturated rings. The van der Waals surface area contributed by atoms with Crippen molar-refractivity contribution in [2.45, 2.75) is 10.1 Å². The lowest BCUT2D eigenvalue weighted by Crippen LogP contribution is -1.97. The molecule has 0 aliphatic heterocycles. The predicted octanol–water partition coefficient (Wildman–Crippen LogP) is 3.30. The zero-order chi connectivity index (χ0) is 16.5. The zero-order valence-corrected chi connectivity index (χ0v) is 13.9. The lowest BCUT2D eigenvalue weighted by atomic mass is 10.2. The van der Waals surface area contributed by atoms with Crippen LogP contribution in [0.25, 0.3) is 16.2 Å². The number of benzene rings is 1. The Morgan fingerprint density at radius 2 is 1.88 bits per heavy atom. The van der Waals surface area contributed by atoms with Crippen LogP contribution in [0.3, 0.4) is 0 Å². The highest BCUT2D eigenvalue weighted by molar-refractivity contribution is 7.86. The maximum absolute atomic E-state index is 13.0. The van der Waals surface area contributed by atoms with Crippen LogP contribution in [0.15, 0.2) is 59.3 Å². The topological polar surface area (TPSA) is 60.2 Å². The fraction of sp³-hybridized carbons (Fsp3) is 0.0625. The van der Waals surface area contributed by atoms with Crippen LogP contribution in [0.1, 0.15) is 5.56 Å². The minimum absolute atomic E-state index is 0.285. The van der Waals surface area contributed by atoms with E-state index in [1.54, 1.807) is 35.2 Å². The number of imidazole rings is 1. The van der Waals surface area contributed by atoms with Crippen LogP contribution >= 0.6 is 11.3 Å². The van der Waals surface area contributed by atoms with Gasteiger partial charge >= 0.3 is 0 Å². The first-order valence-electron chi connectivity index (χ1n) is 7.08. The van der Waals surface area contributed by atoms with Crippen molar-refractivity contribution in [1.82, 2.24) is 19.6 Å². The second-order valence-electron chi connectivity index (χ2n) is 5.07. The van der Waals surface area contributed by atoms with Crippen molar-refractivity contribution in [2.24, 2.45) is 0 Å². The molecule has 5 nitrogen and oxygen atoms in total. The molecule has 4 aromatic rings. The third-order valence-corrected chi connectivity index (χ3v) is 6.00. The Bertz CT molecular complexity index is 980. The molecule has 1 unspecified atom stereocenters. The van der Waals surface area contributed by atoms with Gasteiger partial charge in [0.2, 0.25) is 9.30 Å². The Morgan fingerprint density at radius 3 is 2.58 bits per heavy atom. The fourth-order valence-electron chi connectivity index (χ4n) is 2.23. The largest absolute Gasteiger partial charge is 0.265 e. The first-order chi connectivity index (χ1) is 11.7. The number of pyridine rings is 1. The van der Waals surface area contributed by atoms with E-state index in [0.29, 0.717) is 20.7 Å². The van der Waals surface area contributed by atoms with Gasteiger partial charge in [0.1, 0.15) is 5.82 Å². The van der Waals surface area contributed by atoms with E-state index in [-0.39, 0.29) is 5.82 Å². The van der Waals surface area contributed by atoms with Crippen LogP contribution in [0.4, 0.5) is 4.39 Å². The van der Waals surface area contributed by atoms with E-state index in [1.807, 2.05) is 12.1 Å². The van der Waals surface area contributed by atoms with Gasteiger partial charge in [0.25, 0.3) is 0 Å². The second kappa shape index (κ2) is 6.21. The van der Waals surface area contributed by atoms with Gasteiger partial charge in [-0.2, -0.15) is 0 Å². The van der Waals surface area contributed by atoms with E-state index in [2.05, 4.69) is 15.1 Å². The molecule has 24 heavy (non-hydrogen) atoms. The van der Waals surface area contributed by atoms with Crippen molar-refractivity contribution >= 4 is 27.1 Å². The standard InChI is InChI=1S/C16H11FN4OS2/c17-13-3-1-12(2-4-13)14-9-21-15(19-14)23-16(20-21)24(22)10-11-5-7-18-8-6-11/h1-9H,10H2. The monoisotopic (exact) mass is 358 g/mol. The molecule has 0 aliphatic carbocycles. The lowest BCUT2D eigenvalue weighted by molar-refractivity contribution is 0.628. The summed E-state index contributed by atoms with van der Waals surface area (Å²) in [6.45, 7) is 0. The number of rotatable bonds is 4. The molecule has 0 spiro atoms. The molecule has 4 rings (SSSR count). The van der Waals surface area contributed by atoms with Crippen LogP contribution in [0.2, 0.25) is 0 Å². The summed E-state index contributed by atoms with van der Waals surface area (Å²) < 4.78 is 27.6. The molecule has 1 atom stereocenters. The van der Waals surface area contributed by atoms with Gasteiger partial charge in [0.15, 0.2) is 0 Å². The SMILES string of the molecule is O=S(Cc1ccncc1)c1nn2cc(-c3ccc(F)cc3)nc2s1. The van der Waals surface area contributed by atoms with Crippen molar-refractivity contribution in [3.63, 3.8) is 0 Å². The van der Waals surface area contributed by atoms with Gasteiger partial charge in [-0.15, -0.1) is 5.10 Å². The smallest absolute Gasteiger partial charge is 0.213 e. The Balaban J connectivity index is 1.59. The summed E-state index contributed by atoms with van der Waals surface area (Å²) in [5.74, 6) is 0.107. The molecule has 8 heteroatoms. The van der Waals surface area contributed by atoms with Crippen molar-refractivity contribution in [2.75, 3.05) is 0 Å². The van der Waals surface area contributed by atoms with Gasteiger partial charge in [-0.1, -0.05) is 11.3 Å². The van der Waals surface area contributed by atoms with Crippen LogP contribution in [-0.4, -0.2) is 23.8 Å². The van der Waals surface area contributed by atoms with Crippen LogP contribution in [0, 0.1) is 5.82 Å². The molecule has 0 saturated heterocycles. The summed E-state index contributed by atoms with van der Waals surface area (Å²) in [5.41, 5.74) is 2.47. The zero-order valence-electron chi connectivity index (χ0n) is 12.3. The van der Waals surface area contributed by atoms with Crippen LogP contribution < -0.4 is 0 Å². The summed E-state index contributed by atoms with van der Waals surface area (Å²) in [5, 5.41) is 4.36. The Morgan fingerprint density at radius 1 is 1.12 bits per heavy atom. The average molecular weight is 358 g/mol. The Hall–Kier alpha value is -2.45. The minimum atomic E-state index is -1.23. The molecule has 0 amide bonds. The van der Waals surface area contributed by atoms with Gasteiger partial charge in [-0.25, -0.2) is 13.9 Å². The fourth-order valence-corrected chi connectivity index (χ4v) is 4.41. The van der Waals surface area contributed by atoms with E-state index in [0.717, 1.165) is 11.1 Å². The predicted molar refractivity (Wildman–Crippen MR) is 90.6 cm³/mol. The average Bonchev–Trinajstić information content (AvgIpc) is 3.15. The number of halogens is 1. The minimum Gasteiger partial charge on any atom is -0.265 e. The summed E-state index contributed by atoms with van der Waals surface area (Å²) in [6.07, 6.45) is 5.11. The van der Waals surface area contributed by atoms with Crippen molar-refractivity contribution in [3.05, 3.63) is 66.4 Å². The van der Waals surface area contributed by atoms with E-state index in [1.165, 1.54) is 23.5 Å². The highest BCUT2D eigenvalue weighted by Crippen LogP contribution is 2.24. The summed E-state index contributed by atoms with van der Waals surface area (Å²) in [4.78, 5) is 9.08. The third-order valence-electron chi connectivity index (χ3n) is 3.41. The van der Waals surface area contributed by atoms with Crippen molar-refractivity contribution in [1.29, 1.82) is 0 Å². The summed E-state index contributed by atoms with van der Waals surface area (Å²) in [7, 11) is -1.23. The summed E-state index contributed by atoms with van der Waals surface area (Å²) in [6, 6.07) is 9.80. The normalized spacial score (nSPS) is 12.5. The molecule has 120 valence electrons. The number of nitrogens with zero attached hydrogens (tertiary/aromatic N) is 4. The molecule has 0 radical (unpaired) electrons. The maximum atomic E-state index is 13.0. The Kier molecular flexibility index (Phi) is 3.91. The van der Waals surface area contributed by atoms with E-state index >= 15 is 0 Å². The molecule has 3 aromatic heterocycles. The lowest BCUT2D eigenvalue weighted by Gasteiger charge is -1.97. The number of hydrogen-bond acceptors (Lipinski definition) is 5. The highest BCUT2D eigenvalue weighted by Gasteiger charge is 2.14. The molecule has 0 bridgehead atoms. The summed E-state index contributed by atoms with van der Waals surface area (Å²) >= 11 is 1.29. The quantitative estimate of drug-likeness (QED) is 0.562. The van der Waals surface area contributed by atoms with Crippen LogP contribution in [0.5, 0.6) is 0 Å². The highest BCUT2D eigenvalue weighted by atomic mass is 32.2. The molecule has 0 saturated carbocycles. The van der Waals surface area contributed by atoms with Gasteiger partial charge < -0.3 is 0 Å². The molecular weight excluding hydrogens is 347 g/mol. The third kappa shape index (κ3) is 2.98. The van der Waals surface area contributed by atoms with Crippen molar-refractivity contribution < 1.29 is 8.60 Å². The van der Waals surface area contributed by atoms with E-state index < -0.39 is 10.8 Å². The molecule has 0 N–H and O–H groups in total. The number of fused-ring (bicyclic) bond motifs is 1. The molecule has 0 aliphatic rings. The number of hydrogen-bond donors (Lipinski definition) is 0. The molecule has 3 heterocycles. The van der Waals surface area contributed by atoms with Gasteiger partial charge in [-0.3, -0.25) is 9.19 Å². The van der Waals surface area contributed by atoms with Gasteiger partial charge in [0.05, 0.1) is 28.4 Å². The van der Waals surface area contributed by atoms with E-state index in [4.69, 9.17) is 0 Å². The van der Waals surface area contributed by atoms with E-state index in [9.17, 15) is 8.60 Å². The Labute approximate surface area is 143 Å². The van der Waals surface area contributed by atoms with Crippen molar-refractivity contribution in [3.8, 4) is 11.3 Å². The molecular formula is C16H11FN4OS2. The first kappa shape index (κ1) is 15.1. The molecule has 1 aromatic carbocycles. The number of aromatic nitrogens is 4.